The van der Waals surface area contributed by atoms with Crippen LogP contribution in [0.15, 0.2) is 36.5 Å². The van der Waals surface area contributed by atoms with Crippen molar-refractivity contribution in [2.24, 2.45) is 0 Å². The summed E-state index contributed by atoms with van der Waals surface area (Å²) in [5.74, 6) is 0.853. The van der Waals surface area contributed by atoms with Crippen molar-refractivity contribution in [2.75, 3.05) is 0 Å². The Hall–Kier alpha value is -0.641. The molecule has 3 rings (SSSR count). The Labute approximate surface area is 125 Å². The molecule has 3 aromatic rings. The fraction of sp³-hybridized carbons (Fsp3) is 0. The van der Waals surface area contributed by atoms with Gasteiger partial charge < -0.3 is 0 Å². The van der Waals surface area contributed by atoms with E-state index in [9.17, 15) is 0 Å². The molecule has 0 fully saturated rings. The summed E-state index contributed by atoms with van der Waals surface area (Å²) in [6.45, 7) is 0. The van der Waals surface area contributed by atoms with E-state index >= 15 is 0 Å². The van der Waals surface area contributed by atoms with E-state index in [-0.39, 0.29) is 14.7 Å². The monoisotopic (exact) mass is 360 g/mol. The number of hydrogen-bond acceptors (Lipinski definition) is 2. The van der Waals surface area contributed by atoms with Gasteiger partial charge in [-0.25, -0.2) is 0 Å². The van der Waals surface area contributed by atoms with Crippen molar-refractivity contribution in [1.82, 2.24) is 8.55 Å². The third-order valence-electron chi connectivity index (χ3n) is 2.50. The number of fused-ring (bicyclic) bond motifs is 1. The molecule has 0 unspecified atom stereocenters. The van der Waals surface area contributed by atoms with Crippen molar-refractivity contribution in [1.29, 1.82) is 0 Å². The molecule has 18 heavy (non-hydrogen) atoms. The van der Waals surface area contributed by atoms with Gasteiger partial charge in [0.05, 0.1) is 0 Å². The average Bonchev–Trinajstić information content (AvgIpc) is 2.73. The first-order valence-electron chi connectivity index (χ1n) is 5.10. The van der Waals surface area contributed by atoms with E-state index in [0.717, 1.165) is 20.1 Å². The second-order valence-corrected chi connectivity index (χ2v) is 6.79. The Kier molecular flexibility index (Phi) is 3.30. The van der Waals surface area contributed by atoms with Crippen molar-refractivity contribution in [3.8, 4) is 5.82 Å². The van der Waals surface area contributed by atoms with Gasteiger partial charge in [-0.1, -0.05) is 0 Å². The molecule has 0 aliphatic heterocycles. The number of pyridine rings is 1. The second-order valence-electron chi connectivity index (χ2n) is 3.62. The number of hydrogen-bond donors (Lipinski definition) is 0. The van der Waals surface area contributed by atoms with Crippen molar-refractivity contribution >= 4 is 59.8 Å². The Balaban J connectivity index is 2.37. The molecule has 0 atom stereocenters. The first-order chi connectivity index (χ1) is 8.68. The molecule has 0 radical (unpaired) electrons. The molecular weight excluding hydrogens is 354 g/mol. The number of rotatable bonds is 1. The van der Waals surface area contributed by atoms with Gasteiger partial charge in [0.25, 0.3) is 0 Å². The fourth-order valence-electron chi connectivity index (χ4n) is 1.66. The number of halogens is 2. The van der Waals surface area contributed by atoms with Crippen LogP contribution in [0.25, 0.3) is 15.5 Å². The zero-order valence-corrected chi connectivity index (χ0v) is 13.0. The summed E-state index contributed by atoms with van der Waals surface area (Å²) in [5, 5.41) is 2.17. The van der Waals surface area contributed by atoms with Gasteiger partial charge >= 0.3 is 125 Å². The predicted octanol–water partition coefficient (Wildman–Crippen LogP) is 4.12. The van der Waals surface area contributed by atoms with Crippen molar-refractivity contribution < 1.29 is 0 Å². The zero-order chi connectivity index (χ0) is 12.7. The molecule has 2 nitrogen and oxygen atoms in total. The molecule has 0 aliphatic rings. The van der Waals surface area contributed by atoms with E-state index in [1.807, 2.05) is 27.8 Å². The number of aromatic nitrogens is 2. The molecule has 0 N–H and O–H groups in total. The molecule has 0 amide bonds. The Morgan fingerprint density at radius 2 is 2.00 bits per heavy atom. The van der Waals surface area contributed by atoms with E-state index < -0.39 is 0 Å². The molecule has 1 aromatic carbocycles. The van der Waals surface area contributed by atoms with Crippen LogP contribution in [0.4, 0.5) is 0 Å². The minimum atomic E-state index is -0.0112. The molecule has 0 bridgehead atoms. The van der Waals surface area contributed by atoms with E-state index in [2.05, 4.69) is 4.98 Å². The Morgan fingerprint density at radius 3 is 2.72 bits per heavy atom. The third-order valence-corrected chi connectivity index (χ3v) is 6.66. The van der Waals surface area contributed by atoms with Gasteiger partial charge in [-0.05, 0) is 0 Å². The Bertz CT molecular complexity index is 780. The van der Waals surface area contributed by atoms with Gasteiger partial charge in [0.15, 0.2) is 0 Å². The zero-order valence-electron chi connectivity index (χ0n) is 8.93. The van der Waals surface area contributed by atoms with Crippen LogP contribution in [0.2, 0.25) is 10.0 Å². The van der Waals surface area contributed by atoms with Crippen LogP contribution in [0.5, 0.6) is 0 Å². The van der Waals surface area contributed by atoms with Gasteiger partial charge in [-0.3, -0.25) is 0 Å². The van der Waals surface area contributed by atoms with E-state index in [1.165, 1.54) is 0 Å². The molecule has 0 aliphatic carbocycles. The molecule has 0 saturated heterocycles. The van der Waals surface area contributed by atoms with Crippen LogP contribution in [-0.2, 0) is 0 Å². The quantitative estimate of drug-likeness (QED) is 0.480. The predicted molar refractivity (Wildman–Crippen MR) is 78.9 cm³/mol. The molecular formula is C12H6Cl2N2SSe. The summed E-state index contributed by atoms with van der Waals surface area (Å²) in [6.07, 6.45) is 1.76. The fourth-order valence-corrected chi connectivity index (χ4v) is 5.03. The van der Waals surface area contributed by atoms with E-state index in [0.29, 0.717) is 10.0 Å². The van der Waals surface area contributed by atoms with Gasteiger partial charge in [-0.15, -0.1) is 0 Å². The van der Waals surface area contributed by atoms with Gasteiger partial charge in [0.2, 0.25) is 0 Å². The van der Waals surface area contributed by atoms with Crippen LogP contribution in [-0.4, -0.2) is 23.3 Å². The second kappa shape index (κ2) is 4.80. The molecule has 6 heteroatoms. The average molecular weight is 360 g/mol. The summed E-state index contributed by atoms with van der Waals surface area (Å²) < 4.78 is 3.82. The summed E-state index contributed by atoms with van der Waals surface area (Å²) in [7, 11) is 0. The maximum atomic E-state index is 6.23. The van der Waals surface area contributed by atoms with Crippen molar-refractivity contribution in [2.45, 2.75) is 0 Å². The summed E-state index contributed by atoms with van der Waals surface area (Å²) in [6, 6.07) is 9.48. The molecule has 0 saturated carbocycles. The molecule has 90 valence electrons. The molecule has 0 spiro atoms. The molecule has 2 heterocycles. The van der Waals surface area contributed by atoms with Crippen LogP contribution in [0.3, 0.4) is 0 Å². The Morgan fingerprint density at radius 1 is 1.17 bits per heavy atom. The first-order valence-corrected chi connectivity index (χ1v) is 7.88. The maximum absolute atomic E-state index is 6.23. The summed E-state index contributed by atoms with van der Waals surface area (Å²) in [4.78, 5) is 4.32. The molecule has 2 aromatic heterocycles. The van der Waals surface area contributed by atoms with Crippen LogP contribution in [0.1, 0.15) is 0 Å². The van der Waals surface area contributed by atoms with Crippen molar-refractivity contribution in [3.05, 3.63) is 51.2 Å². The first kappa shape index (κ1) is 12.4. The van der Waals surface area contributed by atoms with Gasteiger partial charge in [0, 0.05) is 0 Å². The third kappa shape index (κ3) is 1.94. The van der Waals surface area contributed by atoms with Crippen molar-refractivity contribution in [3.63, 3.8) is 0 Å². The SMILES string of the molecule is S=c1c2ccc(Cl)c(Cl)c2[se]n1-c1ccccn1. The number of benzene rings is 1. The van der Waals surface area contributed by atoms with Crippen LogP contribution >= 0.6 is 35.4 Å². The summed E-state index contributed by atoms with van der Waals surface area (Å²) in [5.41, 5.74) is 0. The van der Waals surface area contributed by atoms with Gasteiger partial charge in [0.1, 0.15) is 0 Å². The normalized spacial score (nSPS) is 11.0. The van der Waals surface area contributed by atoms with E-state index in [1.54, 1.807) is 12.3 Å². The standard InChI is InChI=1S/C12H6Cl2N2SSe/c13-8-5-4-7-11(10(8)14)18-16(12(7)17)9-3-1-2-6-15-9/h1-6H. The number of nitrogens with zero attached hydrogens (tertiary/aromatic N) is 2. The van der Waals surface area contributed by atoms with E-state index in [4.69, 9.17) is 35.4 Å². The summed E-state index contributed by atoms with van der Waals surface area (Å²) >= 11 is 17.7. The van der Waals surface area contributed by atoms with Crippen LogP contribution in [0, 0.1) is 4.64 Å². The van der Waals surface area contributed by atoms with Crippen LogP contribution < -0.4 is 0 Å². The topological polar surface area (TPSA) is 17.8 Å². The minimum absolute atomic E-state index is 0.0112. The van der Waals surface area contributed by atoms with Gasteiger partial charge in [-0.2, -0.15) is 0 Å².